The molecule has 0 fully saturated rings. The molecule has 21 heavy (non-hydrogen) atoms. The van der Waals surface area contributed by atoms with Crippen molar-refractivity contribution in [1.82, 2.24) is 4.31 Å². The molecule has 8 heteroatoms. The van der Waals surface area contributed by atoms with Crippen LogP contribution in [0.5, 0.6) is 0 Å². The van der Waals surface area contributed by atoms with Gasteiger partial charge in [-0.1, -0.05) is 18.2 Å². The van der Waals surface area contributed by atoms with Crippen LogP contribution in [0, 0.1) is 0 Å². The van der Waals surface area contributed by atoms with Gasteiger partial charge in [-0.25, -0.2) is 12.7 Å². The van der Waals surface area contributed by atoms with Gasteiger partial charge in [0.2, 0.25) is 10.0 Å². The molecule has 0 aliphatic heterocycles. The lowest BCUT2D eigenvalue weighted by molar-refractivity contribution is 0.122. The van der Waals surface area contributed by atoms with Crippen molar-refractivity contribution in [2.24, 2.45) is 0 Å². The molecule has 0 saturated heterocycles. The highest BCUT2D eigenvalue weighted by Crippen LogP contribution is 2.18. The molecule has 120 valence electrons. The maximum absolute atomic E-state index is 12.3. The molecule has 0 bridgehead atoms. The highest BCUT2D eigenvalue weighted by Gasteiger charge is 2.37. The highest BCUT2D eigenvalue weighted by molar-refractivity contribution is 7.89. The standard InChI is InChI=1S/C13H23NO5SSi/c1-14(11-8-12-21(17-2,18-3)19-4)20(15,16)13-9-6-5-7-10-13/h5-7,9-10H,8,11-12H2,1-4H3. The first-order chi connectivity index (χ1) is 9.91. The number of sulfonamides is 1. The van der Waals surface area contributed by atoms with Crippen LogP contribution in [-0.4, -0.2) is 56.4 Å². The Morgan fingerprint density at radius 2 is 1.57 bits per heavy atom. The van der Waals surface area contributed by atoms with Gasteiger partial charge in [0, 0.05) is 41.0 Å². The molecule has 0 atom stereocenters. The fraction of sp³-hybridized carbons (Fsp3) is 0.538. The molecule has 6 nitrogen and oxygen atoms in total. The van der Waals surface area contributed by atoms with E-state index < -0.39 is 18.8 Å². The summed E-state index contributed by atoms with van der Waals surface area (Å²) in [5.41, 5.74) is 0. The van der Waals surface area contributed by atoms with Crippen LogP contribution in [0.25, 0.3) is 0 Å². The number of benzene rings is 1. The van der Waals surface area contributed by atoms with Crippen molar-refractivity contribution >= 4 is 18.8 Å². The van der Waals surface area contributed by atoms with Crippen LogP contribution >= 0.6 is 0 Å². The van der Waals surface area contributed by atoms with E-state index in [-0.39, 0.29) is 0 Å². The average Bonchev–Trinajstić information content (AvgIpc) is 2.52. The third-order valence-electron chi connectivity index (χ3n) is 3.34. The molecule has 0 saturated carbocycles. The summed E-state index contributed by atoms with van der Waals surface area (Å²) in [5.74, 6) is 0. The first kappa shape index (κ1) is 18.3. The quantitative estimate of drug-likeness (QED) is 0.642. The summed E-state index contributed by atoms with van der Waals surface area (Å²) in [7, 11) is 0.109. The molecule has 1 rings (SSSR count). The van der Waals surface area contributed by atoms with Gasteiger partial charge in [-0.2, -0.15) is 0 Å². The van der Waals surface area contributed by atoms with E-state index in [0.29, 0.717) is 23.9 Å². The van der Waals surface area contributed by atoms with Gasteiger partial charge in [0.25, 0.3) is 0 Å². The van der Waals surface area contributed by atoms with Crippen molar-refractivity contribution < 1.29 is 21.7 Å². The first-order valence-electron chi connectivity index (χ1n) is 6.58. The number of hydrogen-bond donors (Lipinski definition) is 0. The van der Waals surface area contributed by atoms with E-state index in [1.807, 2.05) is 0 Å². The summed E-state index contributed by atoms with van der Waals surface area (Å²) in [6.07, 6.45) is 0.601. The summed E-state index contributed by atoms with van der Waals surface area (Å²) in [6, 6.07) is 8.94. The van der Waals surface area contributed by atoms with E-state index in [0.717, 1.165) is 0 Å². The summed E-state index contributed by atoms with van der Waals surface area (Å²) in [6.45, 7) is 0.377. The molecule has 0 aromatic heterocycles. The maximum atomic E-state index is 12.3. The predicted octanol–water partition coefficient (Wildman–Crippen LogP) is 1.58. The van der Waals surface area contributed by atoms with E-state index in [4.69, 9.17) is 13.3 Å². The molecule has 0 radical (unpaired) electrons. The monoisotopic (exact) mass is 333 g/mol. The van der Waals surface area contributed by atoms with Gasteiger partial charge in [0.05, 0.1) is 4.90 Å². The SMILES string of the molecule is CO[Si](CCCN(C)S(=O)(=O)c1ccccc1)(OC)OC. The molecule has 1 aromatic rings. The van der Waals surface area contributed by atoms with Gasteiger partial charge in [-0.3, -0.25) is 0 Å². The lowest BCUT2D eigenvalue weighted by atomic mass is 10.4. The fourth-order valence-corrected chi connectivity index (χ4v) is 4.90. The highest BCUT2D eigenvalue weighted by atomic mass is 32.2. The molecule has 1 aromatic carbocycles. The number of nitrogens with zero attached hydrogens (tertiary/aromatic N) is 1. The van der Waals surface area contributed by atoms with Crippen LogP contribution in [0.15, 0.2) is 35.2 Å². The Labute approximate surface area is 128 Å². The lowest BCUT2D eigenvalue weighted by Crippen LogP contribution is -2.43. The largest absolute Gasteiger partial charge is 0.500 e. The topological polar surface area (TPSA) is 65.1 Å². The van der Waals surface area contributed by atoms with Gasteiger partial charge >= 0.3 is 8.80 Å². The smallest absolute Gasteiger partial charge is 0.377 e. The number of rotatable bonds is 9. The first-order valence-corrected chi connectivity index (χ1v) is 9.96. The van der Waals surface area contributed by atoms with E-state index in [1.165, 1.54) is 4.31 Å². The predicted molar refractivity (Wildman–Crippen MR) is 82.5 cm³/mol. The van der Waals surface area contributed by atoms with Crippen molar-refractivity contribution in [3.05, 3.63) is 30.3 Å². The van der Waals surface area contributed by atoms with Crippen LogP contribution in [0.4, 0.5) is 0 Å². The molecule has 0 heterocycles. The minimum atomic E-state index is -3.45. The minimum Gasteiger partial charge on any atom is -0.377 e. The Morgan fingerprint density at radius 1 is 1.05 bits per heavy atom. The van der Waals surface area contributed by atoms with Crippen LogP contribution in [0.1, 0.15) is 6.42 Å². The third-order valence-corrected chi connectivity index (χ3v) is 8.04. The Kier molecular flexibility index (Phi) is 6.98. The van der Waals surface area contributed by atoms with Crippen LogP contribution < -0.4 is 0 Å². The minimum absolute atomic E-state index is 0.293. The zero-order valence-corrected chi connectivity index (χ0v) is 14.7. The molecule has 0 aliphatic rings. The molecule has 0 amide bonds. The van der Waals surface area contributed by atoms with Gasteiger partial charge in [-0.15, -0.1) is 0 Å². The zero-order valence-electron chi connectivity index (χ0n) is 12.9. The Hall–Kier alpha value is -0.773. The van der Waals surface area contributed by atoms with Gasteiger partial charge < -0.3 is 13.3 Å². The van der Waals surface area contributed by atoms with Crippen molar-refractivity contribution in [1.29, 1.82) is 0 Å². The van der Waals surface area contributed by atoms with E-state index in [9.17, 15) is 8.42 Å². The summed E-state index contributed by atoms with van der Waals surface area (Å²) in [5, 5.41) is 0. The molecular formula is C13H23NO5SSi. The van der Waals surface area contributed by atoms with Gasteiger partial charge in [0.1, 0.15) is 0 Å². The summed E-state index contributed by atoms with van der Waals surface area (Å²) >= 11 is 0. The van der Waals surface area contributed by atoms with Gasteiger partial charge in [0.15, 0.2) is 0 Å². The lowest BCUT2D eigenvalue weighted by Gasteiger charge is -2.25. The molecular weight excluding hydrogens is 310 g/mol. The van der Waals surface area contributed by atoms with E-state index >= 15 is 0 Å². The van der Waals surface area contributed by atoms with Crippen molar-refractivity contribution in [3.8, 4) is 0 Å². The van der Waals surface area contributed by atoms with Crippen molar-refractivity contribution in [2.45, 2.75) is 17.4 Å². The Morgan fingerprint density at radius 3 is 2.05 bits per heavy atom. The number of hydrogen-bond acceptors (Lipinski definition) is 5. The van der Waals surface area contributed by atoms with Crippen molar-refractivity contribution in [3.63, 3.8) is 0 Å². The fourth-order valence-electron chi connectivity index (χ4n) is 1.97. The van der Waals surface area contributed by atoms with E-state index in [2.05, 4.69) is 0 Å². The third kappa shape index (κ3) is 4.60. The van der Waals surface area contributed by atoms with Crippen molar-refractivity contribution in [2.75, 3.05) is 34.9 Å². The molecule has 0 spiro atoms. The van der Waals surface area contributed by atoms with Crippen LogP contribution in [0.3, 0.4) is 0 Å². The van der Waals surface area contributed by atoms with Gasteiger partial charge in [-0.05, 0) is 18.6 Å². The second-order valence-electron chi connectivity index (χ2n) is 4.54. The molecule has 0 N–H and O–H groups in total. The Bertz CT molecular complexity index is 510. The molecule has 0 unspecified atom stereocenters. The second-order valence-corrected chi connectivity index (χ2v) is 9.67. The maximum Gasteiger partial charge on any atom is 0.500 e. The second kappa shape index (κ2) is 8.02. The molecule has 0 aliphatic carbocycles. The Balaban J connectivity index is 2.64. The summed E-state index contributed by atoms with van der Waals surface area (Å²) in [4.78, 5) is 0.293. The zero-order chi connectivity index (χ0) is 15.9. The average molecular weight is 333 g/mol. The van der Waals surface area contributed by atoms with Crippen LogP contribution in [0.2, 0.25) is 6.04 Å². The summed E-state index contributed by atoms with van der Waals surface area (Å²) < 4.78 is 42.0. The van der Waals surface area contributed by atoms with Crippen LogP contribution in [-0.2, 0) is 23.3 Å². The van der Waals surface area contributed by atoms with E-state index in [1.54, 1.807) is 58.7 Å². The normalized spacial score (nSPS) is 12.8.